The minimum Gasteiger partial charge on any atom is -0.308 e. The molecular weight excluding hydrogens is 252 g/mol. The Bertz CT molecular complexity index is 310. The number of hydrogen-bond acceptors (Lipinski definition) is 2. The summed E-state index contributed by atoms with van der Waals surface area (Å²) in [6, 6.07) is 8.49. The van der Waals surface area contributed by atoms with Crippen molar-refractivity contribution >= 4 is 15.9 Å². The minimum atomic E-state index is 0.153. The van der Waals surface area contributed by atoms with Gasteiger partial charge in [0.15, 0.2) is 0 Å². The Hall–Kier alpha value is -0.380. The Labute approximate surface area is 101 Å². The van der Waals surface area contributed by atoms with Crippen LogP contribution in [0.15, 0.2) is 28.7 Å². The molecule has 0 aliphatic carbocycles. The summed E-state index contributed by atoms with van der Waals surface area (Å²) in [7, 11) is 1.94. The van der Waals surface area contributed by atoms with Gasteiger partial charge >= 0.3 is 0 Å². The predicted molar refractivity (Wildman–Crippen MR) is 69.1 cm³/mol. The molecule has 1 aromatic carbocycles. The molecule has 0 radical (unpaired) electrons. The zero-order chi connectivity index (χ0) is 11.3. The van der Waals surface area contributed by atoms with Crippen molar-refractivity contribution in [3.05, 3.63) is 34.3 Å². The van der Waals surface area contributed by atoms with Crippen molar-refractivity contribution in [3.63, 3.8) is 0 Å². The van der Waals surface area contributed by atoms with Gasteiger partial charge in [-0.25, -0.2) is 0 Å². The lowest BCUT2D eigenvalue weighted by Crippen LogP contribution is -2.37. The molecule has 0 aliphatic rings. The van der Waals surface area contributed by atoms with E-state index in [2.05, 4.69) is 64.7 Å². The molecule has 0 amide bonds. The van der Waals surface area contributed by atoms with Crippen LogP contribution in [0.2, 0.25) is 0 Å². The van der Waals surface area contributed by atoms with Crippen LogP contribution in [0.5, 0.6) is 0 Å². The van der Waals surface area contributed by atoms with Gasteiger partial charge in [0.2, 0.25) is 0 Å². The van der Waals surface area contributed by atoms with Crippen LogP contribution < -0.4 is 10.6 Å². The van der Waals surface area contributed by atoms with E-state index in [-0.39, 0.29) is 5.41 Å². The first-order valence-corrected chi connectivity index (χ1v) is 5.97. The Kier molecular flexibility index (Phi) is 4.77. The van der Waals surface area contributed by atoms with Crippen molar-refractivity contribution in [2.45, 2.75) is 19.3 Å². The zero-order valence-electron chi connectivity index (χ0n) is 9.60. The first-order valence-electron chi connectivity index (χ1n) is 5.17. The molecule has 0 spiro atoms. The standard InChI is InChI=1S/C12H19BrN2/c1-12(2,8-15-9-14-3)10-5-4-6-11(13)7-10/h4-7,14-15H,8-9H2,1-3H3. The second-order valence-electron chi connectivity index (χ2n) is 4.35. The van der Waals surface area contributed by atoms with Crippen LogP contribution in [0, 0.1) is 0 Å². The summed E-state index contributed by atoms with van der Waals surface area (Å²) in [4.78, 5) is 0. The van der Waals surface area contributed by atoms with Crippen LogP contribution in [0.25, 0.3) is 0 Å². The molecule has 3 heteroatoms. The molecule has 0 fully saturated rings. The van der Waals surface area contributed by atoms with Gasteiger partial charge in [-0.2, -0.15) is 0 Å². The Balaban J connectivity index is 2.67. The topological polar surface area (TPSA) is 24.1 Å². The smallest absolute Gasteiger partial charge is 0.0452 e. The van der Waals surface area contributed by atoms with E-state index in [9.17, 15) is 0 Å². The lowest BCUT2D eigenvalue weighted by atomic mass is 9.85. The van der Waals surface area contributed by atoms with E-state index in [0.29, 0.717) is 0 Å². The number of benzene rings is 1. The highest BCUT2D eigenvalue weighted by Gasteiger charge is 2.19. The van der Waals surface area contributed by atoms with E-state index < -0.39 is 0 Å². The van der Waals surface area contributed by atoms with Gasteiger partial charge in [0.1, 0.15) is 0 Å². The van der Waals surface area contributed by atoms with Crippen LogP contribution in [0.3, 0.4) is 0 Å². The Morgan fingerprint density at radius 3 is 2.67 bits per heavy atom. The number of rotatable bonds is 5. The molecule has 2 N–H and O–H groups in total. The molecule has 0 aromatic heterocycles. The van der Waals surface area contributed by atoms with E-state index >= 15 is 0 Å². The maximum atomic E-state index is 3.50. The zero-order valence-corrected chi connectivity index (χ0v) is 11.2. The Morgan fingerprint density at radius 2 is 2.07 bits per heavy atom. The summed E-state index contributed by atoms with van der Waals surface area (Å²) in [5, 5.41) is 6.45. The molecule has 0 heterocycles. The van der Waals surface area contributed by atoms with E-state index in [1.165, 1.54) is 5.56 Å². The molecule has 2 nitrogen and oxygen atoms in total. The van der Waals surface area contributed by atoms with Crippen molar-refractivity contribution in [3.8, 4) is 0 Å². The van der Waals surface area contributed by atoms with Crippen molar-refractivity contribution in [2.24, 2.45) is 0 Å². The molecule has 15 heavy (non-hydrogen) atoms. The van der Waals surface area contributed by atoms with Crippen molar-refractivity contribution in [1.29, 1.82) is 0 Å². The fourth-order valence-corrected chi connectivity index (χ4v) is 1.91. The molecule has 0 bridgehead atoms. The summed E-state index contributed by atoms with van der Waals surface area (Å²) in [6.07, 6.45) is 0. The quantitative estimate of drug-likeness (QED) is 0.635. The number of nitrogens with one attached hydrogen (secondary N) is 2. The highest BCUT2D eigenvalue weighted by Crippen LogP contribution is 2.24. The van der Waals surface area contributed by atoms with Gasteiger partial charge in [0.25, 0.3) is 0 Å². The van der Waals surface area contributed by atoms with Gasteiger partial charge in [-0.1, -0.05) is 41.9 Å². The predicted octanol–water partition coefficient (Wildman–Crippen LogP) is 2.49. The van der Waals surface area contributed by atoms with Crippen LogP contribution in [0.4, 0.5) is 0 Å². The molecule has 84 valence electrons. The third-order valence-electron chi connectivity index (χ3n) is 2.47. The number of hydrogen-bond donors (Lipinski definition) is 2. The largest absolute Gasteiger partial charge is 0.308 e. The third kappa shape index (κ3) is 3.93. The molecule has 0 aliphatic heterocycles. The fourth-order valence-electron chi connectivity index (χ4n) is 1.51. The van der Waals surface area contributed by atoms with Crippen LogP contribution in [0.1, 0.15) is 19.4 Å². The molecule has 0 atom stereocenters. The van der Waals surface area contributed by atoms with Gasteiger partial charge < -0.3 is 10.6 Å². The molecule has 0 unspecified atom stereocenters. The van der Waals surface area contributed by atoms with Gasteiger partial charge in [0, 0.05) is 23.1 Å². The molecule has 0 saturated carbocycles. The summed E-state index contributed by atoms with van der Waals surface area (Å²) < 4.78 is 1.14. The maximum Gasteiger partial charge on any atom is 0.0452 e. The highest BCUT2D eigenvalue weighted by molar-refractivity contribution is 9.10. The van der Waals surface area contributed by atoms with E-state index in [4.69, 9.17) is 0 Å². The summed E-state index contributed by atoms with van der Waals surface area (Å²) in [5.74, 6) is 0. The normalized spacial score (nSPS) is 11.7. The third-order valence-corrected chi connectivity index (χ3v) is 2.97. The fraction of sp³-hybridized carbons (Fsp3) is 0.500. The van der Waals surface area contributed by atoms with Crippen molar-refractivity contribution < 1.29 is 0 Å². The van der Waals surface area contributed by atoms with Gasteiger partial charge in [0.05, 0.1) is 0 Å². The number of halogens is 1. The van der Waals surface area contributed by atoms with Crippen molar-refractivity contribution in [1.82, 2.24) is 10.6 Å². The average molecular weight is 271 g/mol. The van der Waals surface area contributed by atoms with Crippen molar-refractivity contribution in [2.75, 3.05) is 20.3 Å². The SMILES string of the molecule is CNCNCC(C)(C)c1cccc(Br)c1. The second kappa shape index (κ2) is 5.64. The van der Waals surface area contributed by atoms with E-state index in [0.717, 1.165) is 17.7 Å². The first kappa shape index (κ1) is 12.7. The summed E-state index contributed by atoms with van der Waals surface area (Å²) in [6.45, 7) is 6.30. The lowest BCUT2D eigenvalue weighted by molar-refractivity contribution is 0.460. The van der Waals surface area contributed by atoms with Gasteiger partial charge in [-0.15, -0.1) is 0 Å². The highest BCUT2D eigenvalue weighted by atomic mass is 79.9. The van der Waals surface area contributed by atoms with Gasteiger partial charge in [-0.05, 0) is 24.7 Å². The summed E-state index contributed by atoms with van der Waals surface area (Å²) in [5.41, 5.74) is 1.50. The Morgan fingerprint density at radius 1 is 1.33 bits per heavy atom. The molecular formula is C12H19BrN2. The lowest BCUT2D eigenvalue weighted by Gasteiger charge is -2.26. The van der Waals surface area contributed by atoms with Crippen LogP contribution in [-0.2, 0) is 5.41 Å². The second-order valence-corrected chi connectivity index (χ2v) is 5.27. The average Bonchev–Trinajstić information content (AvgIpc) is 2.18. The molecule has 1 aromatic rings. The molecule has 1 rings (SSSR count). The maximum absolute atomic E-state index is 3.50. The van der Waals surface area contributed by atoms with E-state index in [1.54, 1.807) is 0 Å². The molecule has 0 saturated heterocycles. The van der Waals surface area contributed by atoms with Crippen LogP contribution >= 0.6 is 15.9 Å². The summed E-state index contributed by atoms with van der Waals surface area (Å²) >= 11 is 3.50. The van der Waals surface area contributed by atoms with Gasteiger partial charge in [-0.3, -0.25) is 0 Å². The van der Waals surface area contributed by atoms with Crippen LogP contribution in [-0.4, -0.2) is 20.3 Å². The minimum absolute atomic E-state index is 0.153. The van der Waals surface area contributed by atoms with E-state index in [1.807, 2.05) is 7.05 Å². The first-order chi connectivity index (χ1) is 7.06. The monoisotopic (exact) mass is 270 g/mol.